The van der Waals surface area contributed by atoms with E-state index in [-0.39, 0.29) is 12.5 Å². The van der Waals surface area contributed by atoms with Crippen LogP contribution >= 0.6 is 0 Å². The fraction of sp³-hybridized carbons (Fsp3) is 0.877. The Labute approximate surface area is 382 Å². The standard InChI is InChI=1S/C57H109NO3/c1-3-5-7-9-11-13-15-17-19-21-23-24-25-26-27-28-29-30-31-32-33-34-35-37-39-41-43-45-47-49-51-53-57(61)58-55(54-59)56(60)52-50-48-46-44-42-40-38-36-22-20-18-16-14-12-10-8-6-4-2/h23-24,26-27,50,52,55-56,59-60H,3-22,25,28-49,51,53-54H2,1-2H3,(H,58,61)/b24-23-,27-26-,52-50+. The zero-order valence-electron chi connectivity index (χ0n) is 41.4. The van der Waals surface area contributed by atoms with Crippen molar-refractivity contribution >= 4 is 5.91 Å². The molecule has 0 aliphatic heterocycles. The van der Waals surface area contributed by atoms with Gasteiger partial charge in [-0.15, -0.1) is 0 Å². The number of hydrogen-bond acceptors (Lipinski definition) is 3. The lowest BCUT2D eigenvalue weighted by molar-refractivity contribution is -0.123. The van der Waals surface area contributed by atoms with Crippen LogP contribution in [0.4, 0.5) is 0 Å². The van der Waals surface area contributed by atoms with E-state index in [4.69, 9.17) is 0 Å². The fourth-order valence-corrected chi connectivity index (χ4v) is 8.62. The van der Waals surface area contributed by atoms with Gasteiger partial charge in [0.2, 0.25) is 5.91 Å². The molecular formula is C57H109NO3. The van der Waals surface area contributed by atoms with E-state index < -0.39 is 12.1 Å². The number of unbranched alkanes of at least 4 members (excludes halogenated alkanes) is 40. The second kappa shape index (κ2) is 53.0. The van der Waals surface area contributed by atoms with E-state index in [1.165, 1.54) is 250 Å². The molecular weight excluding hydrogens is 747 g/mol. The molecule has 2 atom stereocenters. The Morgan fingerprint density at radius 3 is 0.984 bits per heavy atom. The van der Waals surface area contributed by atoms with Crippen molar-refractivity contribution in [3.63, 3.8) is 0 Å². The fourth-order valence-electron chi connectivity index (χ4n) is 8.62. The molecule has 1 amide bonds. The molecule has 0 aromatic heterocycles. The highest BCUT2D eigenvalue weighted by Gasteiger charge is 2.18. The molecule has 0 saturated heterocycles. The zero-order valence-corrected chi connectivity index (χ0v) is 41.4. The Kier molecular flexibility index (Phi) is 51.7. The molecule has 0 aliphatic rings. The van der Waals surface area contributed by atoms with Crippen molar-refractivity contribution in [2.24, 2.45) is 0 Å². The van der Waals surface area contributed by atoms with Crippen LogP contribution in [0.5, 0.6) is 0 Å². The third-order valence-electron chi connectivity index (χ3n) is 12.9. The van der Waals surface area contributed by atoms with Crippen LogP contribution in [0, 0.1) is 0 Å². The monoisotopic (exact) mass is 856 g/mol. The highest BCUT2D eigenvalue weighted by atomic mass is 16.3. The van der Waals surface area contributed by atoms with Crippen molar-refractivity contribution in [3.05, 3.63) is 36.5 Å². The van der Waals surface area contributed by atoms with Crippen molar-refractivity contribution in [1.82, 2.24) is 5.32 Å². The predicted octanol–water partition coefficient (Wildman–Crippen LogP) is 18.1. The highest BCUT2D eigenvalue weighted by molar-refractivity contribution is 5.76. The van der Waals surface area contributed by atoms with E-state index in [1.54, 1.807) is 6.08 Å². The Hall–Kier alpha value is -1.39. The first-order valence-corrected chi connectivity index (χ1v) is 27.7. The maximum absolute atomic E-state index is 12.5. The molecule has 0 aliphatic carbocycles. The summed E-state index contributed by atoms with van der Waals surface area (Å²) in [7, 11) is 0. The Morgan fingerprint density at radius 1 is 0.393 bits per heavy atom. The quantitative estimate of drug-likeness (QED) is 0.0422. The summed E-state index contributed by atoms with van der Waals surface area (Å²) in [6.45, 7) is 4.33. The third-order valence-corrected chi connectivity index (χ3v) is 12.9. The van der Waals surface area contributed by atoms with Gasteiger partial charge in [0, 0.05) is 6.42 Å². The summed E-state index contributed by atoms with van der Waals surface area (Å²) < 4.78 is 0. The van der Waals surface area contributed by atoms with Crippen LogP contribution in [0.25, 0.3) is 0 Å². The van der Waals surface area contributed by atoms with E-state index >= 15 is 0 Å². The molecule has 0 rings (SSSR count). The lowest BCUT2D eigenvalue weighted by Crippen LogP contribution is -2.45. The van der Waals surface area contributed by atoms with Crippen LogP contribution in [0.2, 0.25) is 0 Å². The van der Waals surface area contributed by atoms with Crippen molar-refractivity contribution in [2.75, 3.05) is 6.61 Å². The summed E-state index contributed by atoms with van der Waals surface area (Å²) in [5, 5.41) is 23.1. The number of aliphatic hydroxyl groups excluding tert-OH is 2. The van der Waals surface area contributed by atoms with Gasteiger partial charge in [0.15, 0.2) is 0 Å². The van der Waals surface area contributed by atoms with E-state index in [0.717, 1.165) is 32.1 Å². The molecule has 0 radical (unpaired) electrons. The summed E-state index contributed by atoms with van der Waals surface area (Å²) in [5.74, 6) is -0.0604. The van der Waals surface area contributed by atoms with Gasteiger partial charge < -0.3 is 15.5 Å². The van der Waals surface area contributed by atoms with Gasteiger partial charge in [-0.1, -0.05) is 281 Å². The second-order valence-corrected chi connectivity index (χ2v) is 19.0. The van der Waals surface area contributed by atoms with Gasteiger partial charge in [-0.3, -0.25) is 4.79 Å². The van der Waals surface area contributed by atoms with Crippen LogP contribution in [0.3, 0.4) is 0 Å². The van der Waals surface area contributed by atoms with Gasteiger partial charge in [0.1, 0.15) is 0 Å². The molecule has 0 bridgehead atoms. The van der Waals surface area contributed by atoms with Crippen molar-refractivity contribution in [3.8, 4) is 0 Å². The Balaban J connectivity index is 3.47. The lowest BCUT2D eigenvalue weighted by Gasteiger charge is -2.20. The van der Waals surface area contributed by atoms with Gasteiger partial charge in [-0.25, -0.2) is 0 Å². The SMILES string of the molecule is CCCCCCCCCCC/C=C\C/C=C\CCCCCCCCCCCCCCCCCC(=O)NC(CO)C(O)/C=C/CCCCCCCCCCCCCCCCCC. The van der Waals surface area contributed by atoms with Gasteiger partial charge in [-0.05, 0) is 51.4 Å². The van der Waals surface area contributed by atoms with Gasteiger partial charge in [0.05, 0.1) is 18.8 Å². The predicted molar refractivity (Wildman–Crippen MR) is 272 cm³/mol. The van der Waals surface area contributed by atoms with Crippen LogP contribution in [-0.4, -0.2) is 34.9 Å². The first kappa shape index (κ1) is 59.6. The number of rotatable bonds is 51. The van der Waals surface area contributed by atoms with Crippen molar-refractivity contribution < 1.29 is 15.0 Å². The first-order chi connectivity index (χ1) is 30.2. The summed E-state index contributed by atoms with van der Waals surface area (Å²) in [5.41, 5.74) is 0. The molecule has 360 valence electrons. The molecule has 2 unspecified atom stereocenters. The number of amides is 1. The molecule has 0 saturated carbocycles. The molecule has 0 aromatic rings. The van der Waals surface area contributed by atoms with Gasteiger partial charge >= 0.3 is 0 Å². The summed E-state index contributed by atoms with van der Waals surface area (Å²) in [4.78, 5) is 12.5. The second-order valence-electron chi connectivity index (χ2n) is 19.0. The van der Waals surface area contributed by atoms with Crippen LogP contribution < -0.4 is 5.32 Å². The first-order valence-electron chi connectivity index (χ1n) is 27.7. The van der Waals surface area contributed by atoms with Crippen molar-refractivity contribution in [1.29, 1.82) is 0 Å². The molecule has 0 fully saturated rings. The minimum Gasteiger partial charge on any atom is -0.394 e. The van der Waals surface area contributed by atoms with Gasteiger partial charge in [0.25, 0.3) is 0 Å². The molecule has 3 N–H and O–H groups in total. The summed E-state index contributed by atoms with van der Waals surface area (Å²) >= 11 is 0. The molecule has 61 heavy (non-hydrogen) atoms. The van der Waals surface area contributed by atoms with Crippen LogP contribution in [0.15, 0.2) is 36.5 Å². The Morgan fingerprint density at radius 2 is 0.672 bits per heavy atom. The van der Waals surface area contributed by atoms with E-state index in [2.05, 4.69) is 43.5 Å². The lowest BCUT2D eigenvalue weighted by atomic mass is 10.0. The number of carbonyl (C=O) groups is 1. The maximum Gasteiger partial charge on any atom is 0.220 e. The van der Waals surface area contributed by atoms with E-state index in [1.807, 2.05) is 6.08 Å². The number of allylic oxidation sites excluding steroid dienone is 5. The average Bonchev–Trinajstić information content (AvgIpc) is 3.26. The number of aliphatic hydroxyl groups is 2. The summed E-state index contributed by atoms with van der Waals surface area (Å²) in [6.07, 6.45) is 71.6. The molecule has 4 nitrogen and oxygen atoms in total. The number of hydrogen-bond donors (Lipinski definition) is 3. The topological polar surface area (TPSA) is 69.6 Å². The van der Waals surface area contributed by atoms with Crippen molar-refractivity contribution in [2.45, 2.75) is 315 Å². The highest BCUT2D eigenvalue weighted by Crippen LogP contribution is 2.17. The maximum atomic E-state index is 12.5. The van der Waals surface area contributed by atoms with Gasteiger partial charge in [-0.2, -0.15) is 0 Å². The normalized spacial score (nSPS) is 13.0. The smallest absolute Gasteiger partial charge is 0.220 e. The molecule has 0 aromatic carbocycles. The van der Waals surface area contributed by atoms with Crippen LogP contribution in [-0.2, 0) is 4.79 Å². The minimum atomic E-state index is -0.838. The molecule has 4 heteroatoms. The minimum absolute atomic E-state index is 0.0604. The summed E-state index contributed by atoms with van der Waals surface area (Å²) in [6, 6.07) is -0.621. The number of carbonyl (C=O) groups excluding carboxylic acids is 1. The van der Waals surface area contributed by atoms with E-state index in [0.29, 0.717) is 6.42 Å². The van der Waals surface area contributed by atoms with E-state index in [9.17, 15) is 15.0 Å². The van der Waals surface area contributed by atoms with Crippen LogP contribution in [0.1, 0.15) is 303 Å². The zero-order chi connectivity index (χ0) is 44.2. The Bertz CT molecular complexity index is 928. The third kappa shape index (κ3) is 49.5. The molecule has 0 heterocycles. The average molecular weight is 857 g/mol. The number of nitrogens with one attached hydrogen (secondary N) is 1. The largest absolute Gasteiger partial charge is 0.394 e. The molecule has 0 spiro atoms.